The number of rotatable bonds is 4. The molecule has 4 nitrogen and oxygen atoms in total. The smallest absolute Gasteiger partial charge is 0.142 e. The number of hydrogen-bond donors (Lipinski definition) is 2. The molecule has 1 aromatic heterocycles. The van der Waals surface area contributed by atoms with Crippen LogP contribution in [0.5, 0.6) is 5.75 Å². The number of aromatic amines is 1. The number of halogens is 2. The molecule has 20 heavy (non-hydrogen) atoms. The lowest BCUT2D eigenvalue weighted by atomic mass is 10.0. The second-order valence-electron chi connectivity index (χ2n) is 4.78. The molecular weight excluding hydrogens is 297 g/mol. The van der Waals surface area contributed by atoms with Crippen molar-refractivity contribution in [1.82, 2.24) is 15.3 Å². The van der Waals surface area contributed by atoms with Gasteiger partial charge in [-0.1, -0.05) is 23.2 Å². The van der Waals surface area contributed by atoms with Crippen LogP contribution in [0.4, 0.5) is 0 Å². The standard InChI is InChI=1S/C14H15Cl2N3O/c15-9-5-11-13(2-4-20-14(11)12(16)6-9)18-3-1-10-7-17-8-19-10/h5-8,13,18H,1-4H2,(H,17,19). The molecule has 1 aromatic carbocycles. The highest BCUT2D eigenvalue weighted by Crippen LogP contribution is 2.39. The van der Waals surface area contributed by atoms with Crippen molar-refractivity contribution in [2.45, 2.75) is 18.9 Å². The number of hydrogen-bond acceptors (Lipinski definition) is 3. The lowest BCUT2D eigenvalue weighted by Crippen LogP contribution is -2.28. The van der Waals surface area contributed by atoms with E-state index >= 15 is 0 Å². The first-order valence-corrected chi connectivity index (χ1v) is 7.32. The lowest BCUT2D eigenvalue weighted by molar-refractivity contribution is 0.253. The molecule has 0 saturated carbocycles. The van der Waals surface area contributed by atoms with E-state index in [0.29, 0.717) is 16.7 Å². The summed E-state index contributed by atoms with van der Waals surface area (Å²) in [7, 11) is 0. The molecule has 2 heterocycles. The molecule has 0 amide bonds. The molecule has 2 N–H and O–H groups in total. The van der Waals surface area contributed by atoms with Crippen molar-refractivity contribution in [3.63, 3.8) is 0 Å². The summed E-state index contributed by atoms with van der Waals surface area (Å²) in [6.07, 6.45) is 5.35. The third kappa shape index (κ3) is 2.92. The Morgan fingerprint density at radius 3 is 3.10 bits per heavy atom. The van der Waals surface area contributed by atoms with Gasteiger partial charge in [0.25, 0.3) is 0 Å². The Hall–Kier alpha value is -1.23. The van der Waals surface area contributed by atoms with Crippen LogP contribution in [0.3, 0.4) is 0 Å². The fraction of sp³-hybridized carbons (Fsp3) is 0.357. The molecule has 3 rings (SSSR count). The molecule has 0 spiro atoms. The molecule has 0 bridgehead atoms. The highest BCUT2D eigenvalue weighted by atomic mass is 35.5. The first-order chi connectivity index (χ1) is 9.74. The summed E-state index contributed by atoms with van der Waals surface area (Å²) in [6, 6.07) is 3.86. The predicted octanol–water partition coefficient (Wildman–Crippen LogP) is 3.37. The van der Waals surface area contributed by atoms with E-state index < -0.39 is 0 Å². The first-order valence-electron chi connectivity index (χ1n) is 6.56. The van der Waals surface area contributed by atoms with Crippen LogP contribution in [0.1, 0.15) is 23.7 Å². The summed E-state index contributed by atoms with van der Waals surface area (Å²) in [4.78, 5) is 7.10. The van der Waals surface area contributed by atoms with Crippen molar-refractivity contribution in [1.29, 1.82) is 0 Å². The van der Waals surface area contributed by atoms with Crippen molar-refractivity contribution < 1.29 is 4.74 Å². The van der Waals surface area contributed by atoms with Gasteiger partial charge in [-0.2, -0.15) is 0 Å². The molecule has 0 saturated heterocycles. The lowest BCUT2D eigenvalue weighted by Gasteiger charge is -2.27. The van der Waals surface area contributed by atoms with Gasteiger partial charge in [-0.25, -0.2) is 4.98 Å². The zero-order valence-electron chi connectivity index (χ0n) is 10.8. The van der Waals surface area contributed by atoms with Crippen molar-refractivity contribution in [3.8, 4) is 5.75 Å². The minimum absolute atomic E-state index is 0.220. The maximum atomic E-state index is 6.18. The maximum Gasteiger partial charge on any atom is 0.142 e. The summed E-state index contributed by atoms with van der Waals surface area (Å²) in [5.74, 6) is 0.751. The second-order valence-corrected chi connectivity index (χ2v) is 5.62. The van der Waals surface area contributed by atoms with Gasteiger partial charge in [-0.05, 0) is 12.1 Å². The Morgan fingerprint density at radius 1 is 1.40 bits per heavy atom. The fourth-order valence-corrected chi connectivity index (χ4v) is 3.00. The minimum atomic E-state index is 0.220. The van der Waals surface area contributed by atoms with E-state index in [1.807, 2.05) is 12.3 Å². The van der Waals surface area contributed by atoms with Gasteiger partial charge < -0.3 is 15.0 Å². The van der Waals surface area contributed by atoms with Gasteiger partial charge in [0, 0.05) is 47.9 Å². The van der Waals surface area contributed by atoms with Crippen LogP contribution in [-0.2, 0) is 6.42 Å². The maximum absolute atomic E-state index is 6.18. The van der Waals surface area contributed by atoms with Crippen LogP contribution in [0.15, 0.2) is 24.7 Å². The number of nitrogens with one attached hydrogen (secondary N) is 2. The van der Waals surface area contributed by atoms with Crippen LogP contribution in [0.25, 0.3) is 0 Å². The van der Waals surface area contributed by atoms with E-state index in [0.717, 1.165) is 36.4 Å². The summed E-state index contributed by atoms with van der Waals surface area (Å²) < 4.78 is 5.64. The van der Waals surface area contributed by atoms with E-state index in [-0.39, 0.29) is 6.04 Å². The minimum Gasteiger partial charge on any atom is -0.492 e. The van der Waals surface area contributed by atoms with Crippen molar-refractivity contribution >= 4 is 23.2 Å². The van der Waals surface area contributed by atoms with E-state index in [4.69, 9.17) is 27.9 Å². The monoisotopic (exact) mass is 311 g/mol. The third-order valence-corrected chi connectivity index (χ3v) is 3.90. The van der Waals surface area contributed by atoms with Crippen molar-refractivity contribution in [2.75, 3.05) is 13.2 Å². The number of benzene rings is 1. The van der Waals surface area contributed by atoms with Crippen molar-refractivity contribution in [3.05, 3.63) is 46.0 Å². The Morgan fingerprint density at radius 2 is 2.30 bits per heavy atom. The highest BCUT2D eigenvalue weighted by molar-refractivity contribution is 6.35. The van der Waals surface area contributed by atoms with Gasteiger partial charge in [0.15, 0.2) is 0 Å². The van der Waals surface area contributed by atoms with Crippen LogP contribution in [0.2, 0.25) is 10.0 Å². The highest BCUT2D eigenvalue weighted by Gasteiger charge is 2.23. The molecule has 0 radical (unpaired) electrons. The number of fused-ring (bicyclic) bond motifs is 1. The predicted molar refractivity (Wildman–Crippen MR) is 79.6 cm³/mol. The molecule has 0 aliphatic carbocycles. The first kappa shape index (κ1) is 13.7. The topological polar surface area (TPSA) is 49.9 Å². The van der Waals surface area contributed by atoms with E-state index in [1.165, 1.54) is 0 Å². The van der Waals surface area contributed by atoms with E-state index in [1.54, 1.807) is 12.4 Å². The summed E-state index contributed by atoms with van der Waals surface area (Å²) in [5, 5.41) is 4.74. The molecule has 2 aromatic rings. The normalized spacial score (nSPS) is 17.6. The van der Waals surface area contributed by atoms with Crippen LogP contribution in [0, 0.1) is 0 Å². The molecule has 1 aliphatic heterocycles. The summed E-state index contributed by atoms with van der Waals surface area (Å²) in [5.41, 5.74) is 2.16. The molecule has 1 unspecified atom stereocenters. The van der Waals surface area contributed by atoms with E-state index in [9.17, 15) is 0 Å². The van der Waals surface area contributed by atoms with Gasteiger partial charge in [0.05, 0.1) is 18.0 Å². The zero-order chi connectivity index (χ0) is 13.9. The number of nitrogens with zero attached hydrogens (tertiary/aromatic N) is 1. The van der Waals surface area contributed by atoms with Gasteiger partial charge in [0.2, 0.25) is 0 Å². The Labute approximate surface area is 127 Å². The number of aromatic nitrogens is 2. The van der Waals surface area contributed by atoms with Gasteiger partial charge in [0.1, 0.15) is 5.75 Å². The zero-order valence-corrected chi connectivity index (χ0v) is 12.3. The van der Waals surface area contributed by atoms with Crippen LogP contribution in [-0.4, -0.2) is 23.1 Å². The van der Waals surface area contributed by atoms with Crippen LogP contribution < -0.4 is 10.1 Å². The largest absolute Gasteiger partial charge is 0.492 e. The second kappa shape index (κ2) is 6.04. The fourth-order valence-electron chi connectivity index (χ4n) is 2.44. The Bertz CT molecular complexity index is 586. The van der Waals surface area contributed by atoms with Crippen molar-refractivity contribution in [2.24, 2.45) is 0 Å². The average molecular weight is 312 g/mol. The quantitative estimate of drug-likeness (QED) is 0.910. The third-order valence-electron chi connectivity index (χ3n) is 3.41. The SMILES string of the molecule is Clc1cc(Cl)c2c(c1)C(NCCc1cnc[nH]1)CCO2. The molecule has 1 atom stereocenters. The Kier molecular flexibility index (Phi) is 4.15. The van der Waals surface area contributed by atoms with Gasteiger partial charge >= 0.3 is 0 Å². The van der Waals surface area contributed by atoms with Gasteiger partial charge in [-0.3, -0.25) is 0 Å². The molecular formula is C14H15Cl2N3O. The molecule has 106 valence electrons. The number of imidazole rings is 1. The average Bonchev–Trinajstić information content (AvgIpc) is 2.92. The summed E-state index contributed by atoms with van der Waals surface area (Å²) >= 11 is 12.3. The summed E-state index contributed by atoms with van der Waals surface area (Å²) in [6.45, 7) is 1.52. The number of H-pyrrole nitrogens is 1. The molecule has 1 aliphatic rings. The number of ether oxygens (including phenoxy) is 1. The van der Waals surface area contributed by atoms with E-state index in [2.05, 4.69) is 15.3 Å². The molecule has 0 fully saturated rings. The van der Waals surface area contributed by atoms with Crippen LogP contribution >= 0.6 is 23.2 Å². The Balaban J connectivity index is 1.70. The van der Waals surface area contributed by atoms with Gasteiger partial charge in [-0.15, -0.1) is 0 Å². The molecule has 6 heteroatoms.